The highest BCUT2D eigenvalue weighted by Crippen LogP contribution is 2.38. The minimum Gasteiger partial charge on any atom is -0.388 e. The molecule has 1 aliphatic carbocycles. The van der Waals surface area contributed by atoms with Crippen LogP contribution in [0.25, 0.3) is 0 Å². The van der Waals surface area contributed by atoms with Gasteiger partial charge in [-0.05, 0) is 43.4 Å². The number of rotatable bonds is 2. The maximum Gasteiger partial charge on any atom is 0.130 e. The second-order valence-electron chi connectivity index (χ2n) is 4.99. The fraction of sp³-hybridized carbons (Fsp3) is 0.571. The molecule has 0 spiro atoms. The topological polar surface area (TPSA) is 20.2 Å². The molecule has 0 heterocycles. The van der Waals surface area contributed by atoms with Gasteiger partial charge < -0.3 is 5.11 Å². The lowest BCUT2D eigenvalue weighted by Gasteiger charge is -2.27. The molecule has 17 heavy (non-hydrogen) atoms. The number of aliphatic hydroxyl groups excluding tert-OH is 1. The number of hydrogen-bond donors (Lipinski definition) is 1. The molecule has 1 N–H and O–H groups in total. The first-order valence-corrected chi connectivity index (χ1v) is 7.02. The third kappa shape index (κ3) is 2.89. The molecule has 1 aromatic carbocycles. The van der Waals surface area contributed by atoms with E-state index in [4.69, 9.17) is 0 Å². The maximum absolute atomic E-state index is 13.9. The number of halogens is 2. The van der Waals surface area contributed by atoms with Gasteiger partial charge in [0, 0.05) is 10.0 Å². The lowest BCUT2D eigenvalue weighted by Crippen LogP contribution is -2.17. The lowest BCUT2D eigenvalue weighted by molar-refractivity contribution is 0.0810. The highest BCUT2D eigenvalue weighted by molar-refractivity contribution is 9.10. The average Bonchev–Trinajstić information content (AvgIpc) is 2.28. The third-order valence-electron chi connectivity index (χ3n) is 3.62. The summed E-state index contributed by atoms with van der Waals surface area (Å²) in [5.74, 6) is -0.0906. The van der Waals surface area contributed by atoms with Crippen LogP contribution in [0, 0.1) is 18.7 Å². The molecular formula is C14H18BrFO. The Morgan fingerprint density at radius 3 is 2.53 bits per heavy atom. The van der Waals surface area contributed by atoms with Crippen LogP contribution in [0.1, 0.15) is 49.3 Å². The second-order valence-corrected chi connectivity index (χ2v) is 5.84. The summed E-state index contributed by atoms with van der Waals surface area (Å²) >= 11 is 3.37. The van der Waals surface area contributed by atoms with Gasteiger partial charge in [0.25, 0.3) is 0 Å². The van der Waals surface area contributed by atoms with Gasteiger partial charge in [0.05, 0.1) is 6.10 Å². The fourth-order valence-corrected chi connectivity index (χ4v) is 3.46. The van der Waals surface area contributed by atoms with Crippen LogP contribution in [0.15, 0.2) is 16.6 Å². The van der Waals surface area contributed by atoms with Crippen molar-refractivity contribution in [1.82, 2.24) is 0 Å². The van der Waals surface area contributed by atoms with Crippen LogP contribution in [0.2, 0.25) is 0 Å². The van der Waals surface area contributed by atoms with Gasteiger partial charge in [0.1, 0.15) is 5.82 Å². The normalized spacial score (nSPS) is 19.3. The first-order valence-electron chi connectivity index (χ1n) is 6.23. The van der Waals surface area contributed by atoms with Crippen LogP contribution in [0.3, 0.4) is 0 Å². The molecule has 1 atom stereocenters. The van der Waals surface area contributed by atoms with Crippen molar-refractivity contribution in [2.45, 2.75) is 45.1 Å². The Hall–Kier alpha value is -0.410. The molecule has 0 saturated heterocycles. The van der Waals surface area contributed by atoms with E-state index in [9.17, 15) is 9.50 Å². The number of aryl methyl sites for hydroxylation is 1. The molecular weight excluding hydrogens is 283 g/mol. The molecule has 1 fully saturated rings. The van der Waals surface area contributed by atoms with E-state index in [0.29, 0.717) is 10.0 Å². The monoisotopic (exact) mass is 300 g/mol. The van der Waals surface area contributed by atoms with Gasteiger partial charge in [0.15, 0.2) is 0 Å². The maximum atomic E-state index is 13.9. The van der Waals surface area contributed by atoms with Gasteiger partial charge >= 0.3 is 0 Å². The average molecular weight is 301 g/mol. The van der Waals surface area contributed by atoms with Gasteiger partial charge in [-0.2, -0.15) is 0 Å². The molecule has 0 bridgehead atoms. The largest absolute Gasteiger partial charge is 0.388 e. The number of hydrogen-bond acceptors (Lipinski definition) is 1. The van der Waals surface area contributed by atoms with Crippen molar-refractivity contribution in [3.63, 3.8) is 0 Å². The summed E-state index contributed by atoms with van der Waals surface area (Å²) in [5.41, 5.74) is 1.30. The number of aliphatic hydroxyl groups is 1. The van der Waals surface area contributed by atoms with E-state index in [1.165, 1.54) is 12.5 Å². The van der Waals surface area contributed by atoms with E-state index >= 15 is 0 Å². The standard InChI is InChI=1S/C14H18BrFO/c1-9-7-11(15)13(12(16)8-9)14(17)10-5-3-2-4-6-10/h7-8,10,14,17H,2-6H2,1H3. The molecule has 1 aromatic rings. The van der Waals surface area contributed by atoms with Gasteiger partial charge in [-0.25, -0.2) is 4.39 Å². The van der Waals surface area contributed by atoms with Crippen molar-refractivity contribution in [3.05, 3.63) is 33.5 Å². The summed E-state index contributed by atoms with van der Waals surface area (Å²) in [6.07, 6.45) is 4.85. The van der Waals surface area contributed by atoms with Crippen molar-refractivity contribution in [3.8, 4) is 0 Å². The van der Waals surface area contributed by atoms with Crippen LogP contribution in [-0.4, -0.2) is 5.11 Å². The smallest absolute Gasteiger partial charge is 0.130 e. The zero-order valence-corrected chi connectivity index (χ0v) is 11.6. The predicted octanol–water partition coefficient (Wildman–Crippen LogP) is 4.51. The van der Waals surface area contributed by atoms with Crippen LogP contribution in [-0.2, 0) is 0 Å². The zero-order valence-electron chi connectivity index (χ0n) is 10.0. The molecule has 1 nitrogen and oxygen atoms in total. The quantitative estimate of drug-likeness (QED) is 0.852. The van der Waals surface area contributed by atoms with Crippen LogP contribution in [0.5, 0.6) is 0 Å². The van der Waals surface area contributed by atoms with Gasteiger partial charge in [-0.3, -0.25) is 0 Å². The Balaban J connectivity index is 2.26. The van der Waals surface area contributed by atoms with Gasteiger partial charge in [-0.1, -0.05) is 35.2 Å². The van der Waals surface area contributed by atoms with Crippen LogP contribution >= 0.6 is 15.9 Å². The highest BCUT2D eigenvalue weighted by atomic mass is 79.9. The predicted molar refractivity (Wildman–Crippen MR) is 70.4 cm³/mol. The van der Waals surface area contributed by atoms with E-state index in [1.807, 2.05) is 13.0 Å². The summed E-state index contributed by atoms with van der Waals surface area (Å²) in [7, 11) is 0. The van der Waals surface area contributed by atoms with E-state index in [0.717, 1.165) is 31.2 Å². The summed E-state index contributed by atoms with van der Waals surface area (Å²) in [6.45, 7) is 1.85. The van der Waals surface area contributed by atoms with E-state index in [-0.39, 0.29) is 11.7 Å². The molecule has 1 saturated carbocycles. The molecule has 0 amide bonds. The van der Waals surface area contributed by atoms with Crippen molar-refractivity contribution in [2.75, 3.05) is 0 Å². The second kappa shape index (κ2) is 5.49. The Labute approximate surface area is 110 Å². The van der Waals surface area contributed by atoms with Crippen molar-refractivity contribution in [2.24, 2.45) is 5.92 Å². The molecule has 0 aliphatic heterocycles. The Morgan fingerprint density at radius 1 is 1.29 bits per heavy atom. The first-order chi connectivity index (χ1) is 8.09. The Morgan fingerprint density at radius 2 is 1.94 bits per heavy atom. The van der Waals surface area contributed by atoms with Crippen molar-refractivity contribution < 1.29 is 9.50 Å². The van der Waals surface area contributed by atoms with E-state index in [2.05, 4.69) is 15.9 Å². The Kier molecular flexibility index (Phi) is 4.21. The summed E-state index contributed by atoms with van der Waals surface area (Å²) in [4.78, 5) is 0. The Bertz CT molecular complexity index is 376. The molecule has 2 rings (SSSR count). The van der Waals surface area contributed by atoms with Crippen molar-refractivity contribution >= 4 is 15.9 Å². The highest BCUT2D eigenvalue weighted by Gasteiger charge is 2.27. The minimum absolute atomic E-state index is 0.206. The molecule has 0 aromatic heterocycles. The fourth-order valence-electron chi connectivity index (χ4n) is 2.68. The molecule has 3 heteroatoms. The van der Waals surface area contributed by atoms with Gasteiger partial charge in [0.2, 0.25) is 0 Å². The SMILES string of the molecule is Cc1cc(F)c(C(O)C2CCCCC2)c(Br)c1. The third-order valence-corrected chi connectivity index (χ3v) is 4.27. The summed E-state index contributed by atoms with van der Waals surface area (Å²) in [5, 5.41) is 10.3. The zero-order chi connectivity index (χ0) is 12.4. The summed E-state index contributed by atoms with van der Waals surface area (Å²) in [6, 6.07) is 3.36. The molecule has 1 aliphatic rings. The van der Waals surface area contributed by atoms with Gasteiger partial charge in [-0.15, -0.1) is 0 Å². The van der Waals surface area contributed by atoms with Crippen LogP contribution < -0.4 is 0 Å². The first kappa shape index (κ1) is 13.0. The van der Waals surface area contributed by atoms with Crippen molar-refractivity contribution in [1.29, 1.82) is 0 Å². The van der Waals surface area contributed by atoms with E-state index < -0.39 is 6.10 Å². The number of benzene rings is 1. The molecule has 0 radical (unpaired) electrons. The van der Waals surface area contributed by atoms with E-state index in [1.54, 1.807) is 0 Å². The minimum atomic E-state index is -0.676. The lowest BCUT2D eigenvalue weighted by atomic mass is 9.82. The molecule has 94 valence electrons. The molecule has 1 unspecified atom stereocenters. The van der Waals surface area contributed by atoms with Crippen LogP contribution in [0.4, 0.5) is 4.39 Å². The summed E-state index contributed by atoms with van der Waals surface area (Å²) < 4.78 is 14.6.